The summed E-state index contributed by atoms with van der Waals surface area (Å²) in [5, 5.41) is 5.57. The molecule has 0 fully saturated rings. The standard InChI is InChI=1S/C41H58N2O10.CH4/c1-28(2)36(44)50-25-34(23-48-32-14-12-11-13-15-32)52-38(46)42-21-20-30(5)22-41(9,10)27-43-39(47)53-35(26-51-37(45)29(3)4)24-49-33-18-16-31(17-19-33)40(6,7)8;/h11-19,30,34-35H,1,3,20-27H2,2,4-10H3,(H,42,46)(H,43,47);1H4. The average Bonchev–Trinajstić information content (AvgIpc) is 3.09. The molecule has 300 valence electrons. The Labute approximate surface area is 321 Å². The Morgan fingerprint density at radius 2 is 1.15 bits per heavy atom. The van der Waals surface area contributed by atoms with Gasteiger partial charge in [-0.2, -0.15) is 0 Å². The lowest BCUT2D eigenvalue weighted by Crippen LogP contribution is -2.40. The van der Waals surface area contributed by atoms with E-state index < -0.39 is 36.3 Å². The Kier molecular flexibility index (Phi) is 20.0. The third-order valence-electron chi connectivity index (χ3n) is 7.90. The lowest BCUT2D eigenvalue weighted by atomic mass is 9.82. The topological polar surface area (TPSA) is 148 Å². The van der Waals surface area contributed by atoms with E-state index in [0.717, 1.165) is 12.0 Å². The fourth-order valence-electron chi connectivity index (χ4n) is 5.00. The summed E-state index contributed by atoms with van der Waals surface area (Å²) in [6.07, 6.45) is -1.67. The number of nitrogens with one attached hydrogen (secondary N) is 2. The largest absolute Gasteiger partial charge is 0.490 e. The molecule has 3 unspecified atom stereocenters. The number of hydrogen-bond donors (Lipinski definition) is 2. The van der Waals surface area contributed by atoms with Crippen molar-refractivity contribution in [1.82, 2.24) is 10.6 Å². The number of carbonyl (C=O) groups excluding carboxylic acids is 4. The van der Waals surface area contributed by atoms with Gasteiger partial charge in [0.15, 0.2) is 12.2 Å². The molecule has 12 nitrogen and oxygen atoms in total. The molecule has 0 radical (unpaired) electrons. The first-order valence-electron chi connectivity index (χ1n) is 17.8. The SMILES string of the molecule is C.C=C(C)C(=O)OCC(COc1ccccc1)OC(=O)NCCC(C)CC(C)(C)CNC(=O)OC(COC(=O)C(=C)C)COc1ccc(C(C)(C)C)cc1. The van der Waals surface area contributed by atoms with Crippen molar-refractivity contribution in [3.05, 3.63) is 84.5 Å². The summed E-state index contributed by atoms with van der Waals surface area (Å²) in [6, 6.07) is 16.7. The second kappa shape index (κ2) is 22.9. The molecule has 0 saturated heterocycles. The fourth-order valence-corrected chi connectivity index (χ4v) is 5.00. The van der Waals surface area contributed by atoms with Crippen LogP contribution in [0.4, 0.5) is 9.59 Å². The first-order chi connectivity index (χ1) is 24.8. The zero-order valence-corrected chi connectivity index (χ0v) is 32.6. The number of alkyl carbamates (subject to hydrolysis) is 2. The van der Waals surface area contributed by atoms with E-state index >= 15 is 0 Å². The van der Waals surface area contributed by atoms with E-state index in [0.29, 0.717) is 31.0 Å². The van der Waals surface area contributed by atoms with Gasteiger partial charge in [0.05, 0.1) is 0 Å². The van der Waals surface area contributed by atoms with Gasteiger partial charge in [-0.3, -0.25) is 0 Å². The monoisotopic (exact) mass is 754 g/mol. The van der Waals surface area contributed by atoms with Crippen LogP contribution in [-0.2, 0) is 34.0 Å². The summed E-state index contributed by atoms with van der Waals surface area (Å²) in [5.74, 6) is 0.171. The van der Waals surface area contributed by atoms with Gasteiger partial charge in [0.25, 0.3) is 0 Å². The molecular formula is C42H62N2O10. The first-order valence-corrected chi connectivity index (χ1v) is 17.8. The summed E-state index contributed by atoms with van der Waals surface area (Å²) in [7, 11) is 0. The Balaban J connectivity index is 0.0000146. The molecule has 0 bridgehead atoms. The normalized spacial score (nSPS) is 12.7. The molecular weight excluding hydrogens is 692 g/mol. The van der Waals surface area contributed by atoms with Crippen molar-refractivity contribution in [2.45, 2.75) is 93.3 Å². The molecule has 0 aliphatic rings. The fraction of sp³-hybridized carbons (Fsp3) is 0.524. The molecule has 0 aliphatic carbocycles. The molecule has 2 N–H and O–H groups in total. The van der Waals surface area contributed by atoms with E-state index in [2.05, 4.69) is 51.5 Å². The van der Waals surface area contributed by atoms with Crippen LogP contribution in [-0.4, -0.2) is 75.9 Å². The lowest BCUT2D eigenvalue weighted by molar-refractivity contribution is -0.143. The van der Waals surface area contributed by atoms with E-state index in [-0.39, 0.29) is 61.7 Å². The van der Waals surface area contributed by atoms with Crippen molar-refractivity contribution >= 4 is 24.1 Å². The molecule has 2 aromatic rings. The highest BCUT2D eigenvalue weighted by Gasteiger charge is 2.25. The summed E-state index contributed by atoms with van der Waals surface area (Å²) >= 11 is 0. The number of rotatable bonds is 21. The summed E-state index contributed by atoms with van der Waals surface area (Å²) < 4.78 is 33.1. The van der Waals surface area contributed by atoms with Crippen LogP contribution >= 0.6 is 0 Å². The highest BCUT2D eigenvalue weighted by atomic mass is 16.6. The minimum atomic E-state index is -0.865. The quantitative estimate of drug-likeness (QED) is 0.0731. The molecule has 54 heavy (non-hydrogen) atoms. The summed E-state index contributed by atoms with van der Waals surface area (Å²) in [6.45, 7) is 22.9. The third kappa shape index (κ3) is 19.2. The van der Waals surface area contributed by atoms with Crippen molar-refractivity contribution in [2.24, 2.45) is 11.3 Å². The summed E-state index contributed by atoms with van der Waals surface area (Å²) in [4.78, 5) is 49.4. The Hall–Kier alpha value is -5.00. The molecule has 0 saturated carbocycles. The number of amides is 2. The van der Waals surface area contributed by atoms with E-state index in [4.69, 9.17) is 28.4 Å². The van der Waals surface area contributed by atoms with E-state index in [9.17, 15) is 19.2 Å². The van der Waals surface area contributed by atoms with Crippen molar-refractivity contribution in [1.29, 1.82) is 0 Å². The van der Waals surface area contributed by atoms with Crippen molar-refractivity contribution < 1.29 is 47.6 Å². The molecule has 0 heterocycles. The second-order valence-electron chi connectivity index (χ2n) is 15.1. The third-order valence-corrected chi connectivity index (χ3v) is 7.90. The number of hydrogen-bond acceptors (Lipinski definition) is 10. The molecule has 0 spiro atoms. The van der Waals surface area contributed by atoms with Gasteiger partial charge in [-0.05, 0) is 73.3 Å². The first kappa shape index (κ1) is 47.0. The van der Waals surface area contributed by atoms with E-state index in [1.807, 2.05) is 56.3 Å². The second-order valence-corrected chi connectivity index (χ2v) is 15.1. The van der Waals surface area contributed by atoms with Gasteiger partial charge >= 0.3 is 24.1 Å². The van der Waals surface area contributed by atoms with Crippen LogP contribution in [0.5, 0.6) is 11.5 Å². The molecule has 0 aromatic heterocycles. The number of benzene rings is 2. The van der Waals surface area contributed by atoms with Gasteiger partial charge in [-0.15, -0.1) is 0 Å². The van der Waals surface area contributed by atoms with Gasteiger partial charge in [0, 0.05) is 24.2 Å². The maximum atomic E-state index is 12.9. The molecule has 2 amide bonds. The minimum Gasteiger partial charge on any atom is -0.490 e. The lowest BCUT2D eigenvalue weighted by Gasteiger charge is -2.29. The average molecular weight is 755 g/mol. The van der Waals surface area contributed by atoms with Crippen LogP contribution < -0.4 is 20.1 Å². The van der Waals surface area contributed by atoms with Gasteiger partial charge < -0.3 is 39.1 Å². The zero-order chi connectivity index (χ0) is 39.6. The highest BCUT2D eigenvalue weighted by Crippen LogP contribution is 2.27. The predicted molar refractivity (Wildman–Crippen MR) is 210 cm³/mol. The minimum absolute atomic E-state index is 0. The van der Waals surface area contributed by atoms with Crippen LogP contribution in [0.2, 0.25) is 0 Å². The van der Waals surface area contributed by atoms with Crippen molar-refractivity contribution in [3.8, 4) is 11.5 Å². The molecule has 2 rings (SSSR count). The Morgan fingerprint density at radius 3 is 1.61 bits per heavy atom. The smallest absolute Gasteiger partial charge is 0.407 e. The Bertz CT molecular complexity index is 1500. The number of carbonyl (C=O) groups is 4. The van der Waals surface area contributed by atoms with Gasteiger partial charge in [-0.1, -0.05) is 92.5 Å². The van der Waals surface area contributed by atoms with E-state index in [1.165, 1.54) is 13.8 Å². The number of para-hydroxylation sites is 1. The molecule has 12 heteroatoms. The van der Waals surface area contributed by atoms with Crippen LogP contribution in [0.3, 0.4) is 0 Å². The van der Waals surface area contributed by atoms with Gasteiger partial charge in [0.1, 0.15) is 37.9 Å². The van der Waals surface area contributed by atoms with Gasteiger partial charge in [-0.25, -0.2) is 19.2 Å². The van der Waals surface area contributed by atoms with Crippen molar-refractivity contribution in [3.63, 3.8) is 0 Å². The van der Waals surface area contributed by atoms with Crippen LogP contribution in [0.25, 0.3) is 0 Å². The Morgan fingerprint density at radius 1 is 0.685 bits per heavy atom. The molecule has 3 atom stereocenters. The zero-order valence-electron chi connectivity index (χ0n) is 32.6. The van der Waals surface area contributed by atoms with Crippen LogP contribution in [0.15, 0.2) is 78.9 Å². The maximum absolute atomic E-state index is 12.9. The van der Waals surface area contributed by atoms with E-state index in [1.54, 1.807) is 12.1 Å². The van der Waals surface area contributed by atoms with Crippen LogP contribution in [0.1, 0.15) is 81.2 Å². The maximum Gasteiger partial charge on any atom is 0.407 e. The van der Waals surface area contributed by atoms with Crippen molar-refractivity contribution in [2.75, 3.05) is 39.5 Å². The number of ether oxygens (including phenoxy) is 6. The highest BCUT2D eigenvalue weighted by molar-refractivity contribution is 5.87. The van der Waals surface area contributed by atoms with Gasteiger partial charge in [0.2, 0.25) is 0 Å². The number of esters is 2. The van der Waals surface area contributed by atoms with Crippen LogP contribution in [0, 0.1) is 11.3 Å². The predicted octanol–water partition coefficient (Wildman–Crippen LogP) is 7.95. The summed E-state index contributed by atoms with van der Waals surface area (Å²) in [5.41, 5.74) is 1.28. The molecule has 0 aliphatic heterocycles. The molecule has 2 aromatic carbocycles.